The van der Waals surface area contributed by atoms with Gasteiger partial charge in [-0.05, 0) is 120 Å². The lowest BCUT2D eigenvalue weighted by Crippen LogP contribution is -2.44. The van der Waals surface area contributed by atoms with E-state index in [1.54, 1.807) is 0 Å². The Balaban J connectivity index is 1.28. The summed E-state index contributed by atoms with van der Waals surface area (Å²) in [6.45, 7) is 6.04. The van der Waals surface area contributed by atoms with E-state index in [0.29, 0.717) is 24.8 Å². The first-order valence-corrected chi connectivity index (χ1v) is 14.6. The summed E-state index contributed by atoms with van der Waals surface area (Å²) in [5.41, 5.74) is 7.97. The standard InChI is InChI=1S/C31H32BrN3O2/c32-27-17-24-25(18-28(27)35-11-5-22(6-12-35)34-9-1-2-10-34)31(7-13-37-14-8-31)26-16-21-15-20(19-33)3-4-23(21)29(26)30(24)36/h3-4,15,17-18,22H,1-2,5-14,16H2. The number of halogens is 1. The zero-order valence-electron chi connectivity index (χ0n) is 21.2. The summed E-state index contributed by atoms with van der Waals surface area (Å²) >= 11 is 3.87. The zero-order chi connectivity index (χ0) is 25.1. The third kappa shape index (κ3) is 3.66. The molecule has 3 aliphatic heterocycles. The molecule has 2 aliphatic carbocycles. The van der Waals surface area contributed by atoms with E-state index in [2.05, 4.69) is 43.9 Å². The number of ketones is 1. The second-order valence-electron chi connectivity index (χ2n) is 11.3. The third-order valence-corrected chi connectivity index (χ3v) is 10.3. The van der Waals surface area contributed by atoms with E-state index in [0.717, 1.165) is 59.1 Å². The molecule has 6 heteroatoms. The molecular weight excluding hydrogens is 526 g/mol. The van der Waals surface area contributed by atoms with E-state index in [1.165, 1.54) is 55.6 Å². The Labute approximate surface area is 227 Å². The Morgan fingerprint density at radius 3 is 2.49 bits per heavy atom. The van der Waals surface area contributed by atoms with Crippen LogP contribution >= 0.6 is 15.9 Å². The van der Waals surface area contributed by atoms with E-state index in [-0.39, 0.29) is 11.2 Å². The Kier molecular flexibility index (Phi) is 5.80. The molecule has 3 heterocycles. The van der Waals surface area contributed by atoms with Crippen molar-refractivity contribution in [1.82, 2.24) is 4.90 Å². The van der Waals surface area contributed by atoms with Crippen LogP contribution < -0.4 is 4.90 Å². The van der Waals surface area contributed by atoms with Crippen molar-refractivity contribution >= 4 is 33.0 Å². The van der Waals surface area contributed by atoms with Gasteiger partial charge in [-0.2, -0.15) is 5.26 Å². The number of anilines is 1. The maximum absolute atomic E-state index is 14.1. The maximum Gasteiger partial charge on any atom is 0.193 e. The van der Waals surface area contributed by atoms with Crippen LogP contribution in [0.5, 0.6) is 0 Å². The van der Waals surface area contributed by atoms with E-state index >= 15 is 0 Å². The minimum Gasteiger partial charge on any atom is -0.381 e. The summed E-state index contributed by atoms with van der Waals surface area (Å²) in [7, 11) is 0. The van der Waals surface area contributed by atoms with Crippen LogP contribution in [0.4, 0.5) is 5.69 Å². The van der Waals surface area contributed by atoms with Crippen molar-refractivity contribution in [2.24, 2.45) is 0 Å². The summed E-state index contributed by atoms with van der Waals surface area (Å²) in [5.74, 6) is 0.130. The van der Waals surface area contributed by atoms with Gasteiger partial charge in [-0.25, -0.2) is 0 Å². The summed E-state index contributed by atoms with van der Waals surface area (Å²) < 4.78 is 6.87. The number of fused-ring (bicyclic) bond motifs is 5. The van der Waals surface area contributed by atoms with Crippen molar-refractivity contribution in [3.8, 4) is 6.07 Å². The molecule has 3 fully saturated rings. The van der Waals surface area contributed by atoms with Crippen LogP contribution in [-0.4, -0.2) is 56.1 Å². The highest BCUT2D eigenvalue weighted by atomic mass is 79.9. The lowest BCUT2D eigenvalue weighted by molar-refractivity contribution is 0.0603. The maximum atomic E-state index is 14.1. The van der Waals surface area contributed by atoms with Crippen molar-refractivity contribution in [2.45, 2.75) is 56.4 Å². The van der Waals surface area contributed by atoms with E-state index in [4.69, 9.17) is 4.74 Å². The number of carbonyl (C=O) groups excluding carboxylic acids is 1. The average molecular weight is 559 g/mol. The summed E-state index contributed by atoms with van der Waals surface area (Å²) in [4.78, 5) is 19.3. The van der Waals surface area contributed by atoms with Gasteiger partial charge in [-0.3, -0.25) is 4.79 Å². The van der Waals surface area contributed by atoms with Gasteiger partial charge in [-0.1, -0.05) is 6.07 Å². The number of ether oxygens (including phenoxy) is 1. The van der Waals surface area contributed by atoms with Gasteiger partial charge in [-0.15, -0.1) is 0 Å². The number of allylic oxidation sites excluding steroid dienone is 2. The van der Waals surface area contributed by atoms with Crippen LogP contribution in [0.2, 0.25) is 0 Å². The number of benzene rings is 2. The van der Waals surface area contributed by atoms with Gasteiger partial charge < -0.3 is 14.5 Å². The van der Waals surface area contributed by atoms with Crippen LogP contribution in [0.3, 0.4) is 0 Å². The van der Waals surface area contributed by atoms with Crippen LogP contribution in [0.15, 0.2) is 40.4 Å². The van der Waals surface area contributed by atoms with Gasteiger partial charge in [0.2, 0.25) is 0 Å². The molecule has 0 N–H and O–H groups in total. The van der Waals surface area contributed by atoms with E-state index in [1.807, 2.05) is 18.2 Å². The first-order valence-electron chi connectivity index (χ1n) is 13.8. The number of likely N-dealkylation sites (tertiary alicyclic amines) is 1. The second-order valence-corrected chi connectivity index (χ2v) is 12.2. The minimum absolute atomic E-state index is 0.130. The molecule has 0 aromatic heterocycles. The topological polar surface area (TPSA) is 56.6 Å². The normalized spacial score (nSPS) is 23.2. The summed E-state index contributed by atoms with van der Waals surface area (Å²) in [5, 5.41) is 9.47. The van der Waals surface area contributed by atoms with Crippen LogP contribution in [0.25, 0.3) is 5.57 Å². The fraction of sp³-hybridized carbons (Fsp3) is 0.484. The third-order valence-electron chi connectivity index (χ3n) is 9.63. The zero-order valence-corrected chi connectivity index (χ0v) is 22.8. The molecule has 0 atom stereocenters. The fourth-order valence-electron chi connectivity index (χ4n) is 7.72. The first kappa shape index (κ1) is 23.6. The predicted octanol–water partition coefficient (Wildman–Crippen LogP) is 5.64. The number of carbonyl (C=O) groups is 1. The molecule has 2 aromatic carbocycles. The second kappa shape index (κ2) is 9.08. The highest BCUT2D eigenvalue weighted by molar-refractivity contribution is 9.10. The van der Waals surface area contributed by atoms with Gasteiger partial charge in [0.25, 0.3) is 0 Å². The number of hydrogen-bond acceptors (Lipinski definition) is 5. The van der Waals surface area contributed by atoms with Crippen molar-refractivity contribution < 1.29 is 9.53 Å². The molecule has 2 aromatic rings. The number of nitrogens with zero attached hydrogens (tertiary/aromatic N) is 3. The van der Waals surface area contributed by atoms with Gasteiger partial charge in [0.1, 0.15) is 0 Å². The average Bonchev–Trinajstić information content (AvgIpc) is 3.61. The quantitative estimate of drug-likeness (QED) is 0.478. The Hall–Kier alpha value is -2.46. The van der Waals surface area contributed by atoms with Crippen molar-refractivity contribution in [2.75, 3.05) is 44.3 Å². The van der Waals surface area contributed by atoms with Crippen molar-refractivity contribution in [3.05, 3.63) is 68.2 Å². The van der Waals surface area contributed by atoms with Gasteiger partial charge in [0.15, 0.2) is 5.78 Å². The lowest BCUT2D eigenvalue weighted by atomic mass is 9.62. The molecule has 7 rings (SSSR count). The molecule has 5 aliphatic rings. The molecule has 0 unspecified atom stereocenters. The Morgan fingerprint density at radius 2 is 1.76 bits per heavy atom. The number of Topliss-reactive ketones (excluding diaryl/α,β-unsaturated/α-hetero) is 1. The molecule has 5 nitrogen and oxygen atoms in total. The lowest BCUT2D eigenvalue weighted by Gasteiger charge is -2.44. The molecular formula is C31H32BrN3O2. The smallest absolute Gasteiger partial charge is 0.193 e. The molecule has 1 spiro atoms. The summed E-state index contributed by atoms with van der Waals surface area (Å²) in [6, 6.07) is 13.2. The SMILES string of the molecule is N#Cc1ccc2c(c1)CC1=C2C(=O)c2cc(Br)c(N3CCC(N4CCCC4)CC3)cc2C12CCOCC2. The highest BCUT2D eigenvalue weighted by Crippen LogP contribution is 2.55. The van der Waals surface area contributed by atoms with Crippen LogP contribution in [-0.2, 0) is 16.6 Å². The number of nitriles is 1. The van der Waals surface area contributed by atoms with Gasteiger partial charge >= 0.3 is 0 Å². The van der Waals surface area contributed by atoms with Gasteiger partial charge in [0.05, 0.1) is 17.3 Å². The van der Waals surface area contributed by atoms with Gasteiger partial charge in [0, 0.05) is 53.4 Å². The molecule has 0 bridgehead atoms. The molecule has 0 amide bonds. The van der Waals surface area contributed by atoms with Crippen molar-refractivity contribution in [1.29, 1.82) is 5.26 Å². The largest absolute Gasteiger partial charge is 0.381 e. The molecule has 0 saturated carbocycles. The Bertz CT molecular complexity index is 1350. The predicted molar refractivity (Wildman–Crippen MR) is 148 cm³/mol. The monoisotopic (exact) mass is 557 g/mol. The van der Waals surface area contributed by atoms with Crippen LogP contribution in [0.1, 0.15) is 71.1 Å². The van der Waals surface area contributed by atoms with Crippen LogP contribution in [0, 0.1) is 11.3 Å². The van der Waals surface area contributed by atoms with E-state index in [9.17, 15) is 10.1 Å². The minimum atomic E-state index is -0.189. The number of hydrogen-bond donors (Lipinski definition) is 0. The highest BCUT2D eigenvalue weighted by Gasteiger charge is 2.49. The first-order chi connectivity index (χ1) is 18.1. The van der Waals surface area contributed by atoms with Crippen molar-refractivity contribution in [3.63, 3.8) is 0 Å². The summed E-state index contributed by atoms with van der Waals surface area (Å²) in [6.07, 6.45) is 7.62. The number of piperidine rings is 1. The number of rotatable bonds is 2. The molecule has 0 radical (unpaired) electrons. The molecule has 190 valence electrons. The fourth-order valence-corrected chi connectivity index (χ4v) is 8.31. The Morgan fingerprint density at radius 1 is 1.00 bits per heavy atom. The molecule has 3 saturated heterocycles. The van der Waals surface area contributed by atoms with E-state index < -0.39 is 0 Å². The molecule has 37 heavy (non-hydrogen) atoms.